The monoisotopic (exact) mass is 874 g/mol. The van der Waals surface area contributed by atoms with Crippen molar-refractivity contribution in [1.82, 2.24) is 5.32 Å². The van der Waals surface area contributed by atoms with Gasteiger partial charge in [-0.3, -0.25) is 13.8 Å². The minimum absolute atomic E-state index is 0.0566. The average molecular weight is 874 g/mol. The number of unbranched alkanes of at least 4 members (excludes halogenated alkanes) is 18. The number of allylic oxidation sites excluding steroid dienone is 13. The van der Waals surface area contributed by atoms with Crippen molar-refractivity contribution in [2.45, 2.75) is 199 Å². The van der Waals surface area contributed by atoms with Gasteiger partial charge in [0.1, 0.15) is 13.2 Å². The molecule has 352 valence electrons. The number of aliphatic hydroxyl groups excluding tert-OH is 1. The number of nitrogens with zero attached hydrogens (tertiary/aromatic N) is 1. The Labute approximate surface area is 376 Å². The van der Waals surface area contributed by atoms with E-state index in [1.165, 1.54) is 83.5 Å². The molecule has 0 aromatic carbocycles. The third-order valence-corrected chi connectivity index (χ3v) is 11.4. The van der Waals surface area contributed by atoms with Crippen LogP contribution in [0.1, 0.15) is 187 Å². The van der Waals surface area contributed by atoms with Crippen LogP contribution in [0.2, 0.25) is 0 Å². The van der Waals surface area contributed by atoms with E-state index in [0.29, 0.717) is 17.4 Å². The van der Waals surface area contributed by atoms with Crippen molar-refractivity contribution < 1.29 is 32.9 Å². The third-order valence-electron chi connectivity index (χ3n) is 10.4. The second-order valence-electron chi connectivity index (χ2n) is 17.5. The van der Waals surface area contributed by atoms with Gasteiger partial charge in [0.05, 0.1) is 39.9 Å². The molecular weight excluding hydrogens is 780 g/mol. The highest BCUT2D eigenvalue weighted by molar-refractivity contribution is 7.47. The van der Waals surface area contributed by atoms with Crippen LogP contribution in [-0.2, 0) is 18.4 Å². The lowest BCUT2D eigenvalue weighted by Crippen LogP contribution is -2.45. The predicted octanol–water partition coefficient (Wildman–Crippen LogP) is 14.1. The lowest BCUT2D eigenvalue weighted by Gasteiger charge is -2.25. The molecule has 3 N–H and O–H groups in total. The van der Waals surface area contributed by atoms with E-state index in [-0.39, 0.29) is 19.1 Å². The summed E-state index contributed by atoms with van der Waals surface area (Å²) in [4.78, 5) is 23.1. The smallest absolute Gasteiger partial charge is 0.387 e. The number of rotatable bonds is 43. The van der Waals surface area contributed by atoms with Gasteiger partial charge in [-0.1, -0.05) is 195 Å². The molecule has 61 heavy (non-hydrogen) atoms. The minimum atomic E-state index is -4.34. The van der Waals surface area contributed by atoms with E-state index >= 15 is 0 Å². The molecule has 0 heterocycles. The lowest BCUT2D eigenvalue weighted by molar-refractivity contribution is -0.870. The standard InChI is InChI=1S/C52H93N2O6P/c1-6-8-10-12-14-16-18-19-20-21-22-23-24-25-26-27-28-29-30-31-32-33-34-35-36-38-40-42-44-46-52(56)53-50(49-60-61(57,58)59-48-47-54(3,4)5)51(55)45-43-41-39-37-17-15-13-11-9-7-2/h8,10,14,16,19-20,22-23,25-26,28-29,43,45,50-51,55H,6-7,9,11-13,15,17-18,21,24,27,30-42,44,46-49H2,1-5H3,(H-,53,56,57,58)/p+1/b10-8-,16-14-,20-19-,23-22-,26-25-,29-28-,45-43+. The summed E-state index contributed by atoms with van der Waals surface area (Å²) in [6.07, 6.45) is 59.5. The summed E-state index contributed by atoms with van der Waals surface area (Å²) < 4.78 is 23.5. The molecule has 0 aliphatic rings. The van der Waals surface area contributed by atoms with Gasteiger partial charge >= 0.3 is 7.82 Å². The average Bonchev–Trinajstić information content (AvgIpc) is 3.21. The number of hydrogen-bond acceptors (Lipinski definition) is 5. The maximum Gasteiger partial charge on any atom is 0.472 e. The van der Waals surface area contributed by atoms with E-state index in [1.807, 2.05) is 27.2 Å². The van der Waals surface area contributed by atoms with Crippen molar-refractivity contribution >= 4 is 13.7 Å². The number of nitrogens with one attached hydrogen (secondary N) is 1. The molecule has 0 rings (SSSR count). The van der Waals surface area contributed by atoms with E-state index in [4.69, 9.17) is 9.05 Å². The van der Waals surface area contributed by atoms with Gasteiger partial charge in [-0.15, -0.1) is 0 Å². The number of phosphoric ester groups is 1. The molecule has 1 amide bonds. The largest absolute Gasteiger partial charge is 0.472 e. The molecule has 0 bridgehead atoms. The number of quaternary nitrogens is 1. The molecule has 3 atom stereocenters. The highest BCUT2D eigenvalue weighted by Gasteiger charge is 2.27. The first kappa shape index (κ1) is 58.7. The predicted molar refractivity (Wildman–Crippen MR) is 263 cm³/mol. The summed E-state index contributed by atoms with van der Waals surface area (Å²) in [6.45, 7) is 4.66. The third kappa shape index (κ3) is 45.5. The second kappa shape index (κ2) is 43.0. The summed E-state index contributed by atoms with van der Waals surface area (Å²) in [5.41, 5.74) is 0. The van der Waals surface area contributed by atoms with Crippen LogP contribution < -0.4 is 5.32 Å². The first-order chi connectivity index (χ1) is 29.5. The molecule has 0 saturated carbocycles. The summed E-state index contributed by atoms with van der Waals surface area (Å²) in [5, 5.41) is 13.8. The van der Waals surface area contributed by atoms with Crippen LogP contribution in [-0.4, -0.2) is 73.4 Å². The zero-order valence-electron chi connectivity index (χ0n) is 39.9. The Kier molecular flexibility index (Phi) is 41.3. The molecule has 8 nitrogen and oxygen atoms in total. The highest BCUT2D eigenvalue weighted by Crippen LogP contribution is 2.43. The van der Waals surface area contributed by atoms with Crippen molar-refractivity contribution in [3.63, 3.8) is 0 Å². The number of aliphatic hydroxyl groups is 1. The Balaban J connectivity index is 4.18. The molecule has 0 radical (unpaired) electrons. The molecule has 0 aliphatic heterocycles. The van der Waals surface area contributed by atoms with E-state index in [2.05, 4.69) is 92.1 Å². The molecular formula is C52H94N2O6P+. The number of phosphoric acid groups is 1. The molecule has 0 fully saturated rings. The molecule has 0 saturated heterocycles. The zero-order valence-corrected chi connectivity index (χ0v) is 40.8. The molecule has 0 aromatic rings. The molecule has 9 heteroatoms. The zero-order chi connectivity index (χ0) is 45.0. The first-order valence-electron chi connectivity index (χ1n) is 24.5. The fourth-order valence-corrected chi connectivity index (χ4v) is 7.25. The Morgan fingerprint density at radius 2 is 0.984 bits per heavy atom. The Morgan fingerprint density at radius 1 is 0.574 bits per heavy atom. The number of carbonyl (C=O) groups excluding carboxylic acids is 1. The van der Waals surface area contributed by atoms with Crippen molar-refractivity contribution in [3.05, 3.63) is 85.1 Å². The van der Waals surface area contributed by atoms with E-state index in [0.717, 1.165) is 83.5 Å². The summed E-state index contributed by atoms with van der Waals surface area (Å²) in [6, 6.07) is -0.851. The van der Waals surface area contributed by atoms with Crippen LogP contribution in [0.25, 0.3) is 0 Å². The van der Waals surface area contributed by atoms with Gasteiger partial charge in [0.2, 0.25) is 5.91 Å². The fraction of sp³-hybridized carbons (Fsp3) is 0.712. The van der Waals surface area contributed by atoms with Crippen LogP contribution in [0.3, 0.4) is 0 Å². The maximum absolute atomic E-state index is 12.9. The van der Waals surface area contributed by atoms with Gasteiger partial charge in [0, 0.05) is 6.42 Å². The van der Waals surface area contributed by atoms with Crippen molar-refractivity contribution in [2.24, 2.45) is 0 Å². The number of carbonyl (C=O) groups is 1. The number of likely N-dealkylation sites (N-methyl/N-ethyl adjacent to an activating group) is 1. The molecule has 0 aliphatic carbocycles. The van der Waals surface area contributed by atoms with Crippen LogP contribution in [0.4, 0.5) is 0 Å². The van der Waals surface area contributed by atoms with Gasteiger partial charge in [0.25, 0.3) is 0 Å². The normalized spacial score (nSPS) is 14.9. The van der Waals surface area contributed by atoms with Crippen LogP contribution in [0.5, 0.6) is 0 Å². The SMILES string of the molecule is CC/C=C\C/C=C\C/C=C\C/C=C\C/C=C\C/C=C\CCCCCCCCCCCCC(=O)NC(COP(=O)(O)OCC[N+](C)(C)C)C(O)/C=C/CCCCCCCCCC. The van der Waals surface area contributed by atoms with Gasteiger partial charge < -0.3 is 19.8 Å². The quantitative estimate of drug-likeness (QED) is 0.0244. The maximum atomic E-state index is 12.9. The Morgan fingerprint density at radius 3 is 1.44 bits per heavy atom. The summed E-state index contributed by atoms with van der Waals surface area (Å²) in [5.74, 6) is -0.188. The second-order valence-corrected chi connectivity index (χ2v) is 18.9. The summed E-state index contributed by atoms with van der Waals surface area (Å²) in [7, 11) is 1.56. The Hall–Kier alpha value is -2.32. The Bertz CT molecular complexity index is 1260. The van der Waals surface area contributed by atoms with Crippen molar-refractivity contribution in [1.29, 1.82) is 0 Å². The van der Waals surface area contributed by atoms with Crippen molar-refractivity contribution in [3.8, 4) is 0 Å². The van der Waals surface area contributed by atoms with Gasteiger partial charge in [-0.25, -0.2) is 4.57 Å². The van der Waals surface area contributed by atoms with Crippen LogP contribution >= 0.6 is 7.82 Å². The van der Waals surface area contributed by atoms with Crippen molar-refractivity contribution in [2.75, 3.05) is 40.9 Å². The lowest BCUT2D eigenvalue weighted by atomic mass is 10.0. The van der Waals surface area contributed by atoms with E-state index < -0.39 is 20.0 Å². The number of amides is 1. The molecule has 0 spiro atoms. The van der Waals surface area contributed by atoms with E-state index in [1.54, 1.807) is 6.08 Å². The fourth-order valence-electron chi connectivity index (χ4n) is 6.51. The van der Waals surface area contributed by atoms with E-state index in [9.17, 15) is 19.4 Å². The highest BCUT2D eigenvalue weighted by atomic mass is 31.2. The topological polar surface area (TPSA) is 105 Å². The van der Waals surface area contributed by atoms with Gasteiger partial charge in [-0.05, 0) is 70.6 Å². The van der Waals surface area contributed by atoms with Gasteiger partial charge in [-0.2, -0.15) is 0 Å². The molecule has 0 aromatic heterocycles. The van der Waals surface area contributed by atoms with Crippen LogP contribution in [0.15, 0.2) is 85.1 Å². The van der Waals surface area contributed by atoms with Crippen LogP contribution in [0, 0.1) is 0 Å². The molecule has 3 unspecified atom stereocenters. The first-order valence-corrected chi connectivity index (χ1v) is 26.0. The minimum Gasteiger partial charge on any atom is -0.387 e. The number of hydrogen-bond donors (Lipinski definition) is 3. The summed E-state index contributed by atoms with van der Waals surface area (Å²) >= 11 is 0. The van der Waals surface area contributed by atoms with Gasteiger partial charge in [0.15, 0.2) is 0 Å².